The van der Waals surface area contributed by atoms with Crippen LogP contribution in [-0.2, 0) is 19.1 Å². The highest BCUT2D eigenvalue weighted by Crippen LogP contribution is 2.24. The van der Waals surface area contributed by atoms with E-state index in [4.69, 9.17) is 4.74 Å². The number of hydrogen-bond donors (Lipinski definition) is 2. The van der Waals surface area contributed by atoms with Crippen LogP contribution in [0.2, 0.25) is 0 Å². The van der Waals surface area contributed by atoms with Crippen molar-refractivity contribution in [2.75, 3.05) is 11.9 Å². The Morgan fingerprint density at radius 3 is 2.38 bits per heavy atom. The van der Waals surface area contributed by atoms with E-state index in [1.807, 2.05) is 32.9 Å². The van der Waals surface area contributed by atoms with Gasteiger partial charge in [-0.25, -0.2) is 4.79 Å². The third-order valence-electron chi connectivity index (χ3n) is 4.85. The largest absolute Gasteiger partial charge is 0.451 e. The number of carbonyl (C=O) groups excluding carboxylic acids is 4. The van der Waals surface area contributed by atoms with E-state index in [2.05, 4.69) is 10.6 Å². The van der Waals surface area contributed by atoms with Gasteiger partial charge in [0.25, 0.3) is 11.8 Å². The third kappa shape index (κ3) is 5.79. The van der Waals surface area contributed by atoms with Crippen LogP contribution in [0.25, 0.3) is 0 Å². The Bertz CT molecular complexity index is 790. The van der Waals surface area contributed by atoms with Crippen LogP contribution in [0.15, 0.2) is 24.3 Å². The molecule has 1 fully saturated rings. The number of carbonyl (C=O) groups is 4. The molecule has 1 aliphatic heterocycles. The maximum absolute atomic E-state index is 12.6. The van der Waals surface area contributed by atoms with Crippen LogP contribution in [0.3, 0.4) is 0 Å². The standard InChI is InChI=1S/C21H29N3O5/c1-13(2)10-11-21(5)19(27)24(20(28)23-21)12-17(25)29-15(4)18(26)22-16-8-6-14(3)7-9-16/h6-9,13,15H,10-12H2,1-5H3,(H,22,26)(H,23,28)/t15-,21+/m1/s1. The lowest BCUT2D eigenvalue weighted by molar-refractivity contribution is -0.155. The minimum Gasteiger partial charge on any atom is -0.451 e. The Morgan fingerprint density at radius 1 is 1.17 bits per heavy atom. The minimum absolute atomic E-state index is 0.378. The molecular weight excluding hydrogens is 374 g/mol. The van der Waals surface area contributed by atoms with Crippen LogP contribution in [0.5, 0.6) is 0 Å². The lowest BCUT2D eigenvalue weighted by Gasteiger charge is -2.22. The van der Waals surface area contributed by atoms with Gasteiger partial charge in [-0.1, -0.05) is 31.5 Å². The molecule has 1 saturated heterocycles. The quantitative estimate of drug-likeness (QED) is 0.513. The fourth-order valence-corrected chi connectivity index (χ4v) is 2.94. The Labute approximate surface area is 171 Å². The molecule has 1 heterocycles. The van der Waals surface area contributed by atoms with Gasteiger partial charge < -0.3 is 15.4 Å². The van der Waals surface area contributed by atoms with Crippen molar-refractivity contribution in [3.05, 3.63) is 29.8 Å². The average Bonchev–Trinajstić information content (AvgIpc) is 2.85. The van der Waals surface area contributed by atoms with E-state index >= 15 is 0 Å². The van der Waals surface area contributed by atoms with Crippen molar-refractivity contribution in [1.29, 1.82) is 0 Å². The zero-order valence-corrected chi connectivity index (χ0v) is 17.6. The SMILES string of the molecule is Cc1ccc(NC(=O)[C@@H](C)OC(=O)CN2C(=O)N[C@@](C)(CCC(C)C)C2=O)cc1. The first-order valence-corrected chi connectivity index (χ1v) is 9.73. The summed E-state index contributed by atoms with van der Waals surface area (Å²) in [5.41, 5.74) is 0.603. The van der Waals surface area contributed by atoms with E-state index in [1.165, 1.54) is 6.92 Å². The van der Waals surface area contributed by atoms with Crippen molar-refractivity contribution in [3.8, 4) is 0 Å². The maximum atomic E-state index is 12.6. The molecule has 4 amide bonds. The first-order valence-electron chi connectivity index (χ1n) is 9.73. The topological polar surface area (TPSA) is 105 Å². The molecule has 8 heteroatoms. The summed E-state index contributed by atoms with van der Waals surface area (Å²) < 4.78 is 5.11. The predicted octanol–water partition coefficient (Wildman–Crippen LogP) is 2.61. The highest BCUT2D eigenvalue weighted by molar-refractivity contribution is 6.08. The molecule has 1 aromatic carbocycles. The highest BCUT2D eigenvalue weighted by Gasteiger charge is 2.48. The zero-order valence-electron chi connectivity index (χ0n) is 17.6. The van der Waals surface area contributed by atoms with Gasteiger partial charge in [0.05, 0.1) is 0 Å². The first-order chi connectivity index (χ1) is 13.5. The second-order valence-corrected chi connectivity index (χ2v) is 8.07. The van der Waals surface area contributed by atoms with Gasteiger partial charge in [0, 0.05) is 5.69 Å². The summed E-state index contributed by atoms with van der Waals surface area (Å²) >= 11 is 0. The molecule has 8 nitrogen and oxygen atoms in total. The maximum Gasteiger partial charge on any atom is 0.327 e. The Morgan fingerprint density at radius 2 is 1.79 bits per heavy atom. The van der Waals surface area contributed by atoms with Gasteiger partial charge in [0.15, 0.2) is 6.10 Å². The summed E-state index contributed by atoms with van der Waals surface area (Å²) in [6.45, 7) is 8.54. The summed E-state index contributed by atoms with van der Waals surface area (Å²) in [6.07, 6.45) is 0.171. The molecule has 0 aliphatic carbocycles. The number of nitrogens with zero attached hydrogens (tertiary/aromatic N) is 1. The molecule has 0 bridgehead atoms. The minimum atomic E-state index is -1.07. The van der Waals surface area contributed by atoms with Crippen molar-refractivity contribution < 1.29 is 23.9 Å². The molecule has 29 heavy (non-hydrogen) atoms. The van der Waals surface area contributed by atoms with E-state index in [9.17, 15) is 19.2 Å². The number of urea groups is 1. The molecule has 0 aromatic heterocycles. The van der Waals surface area contributed by atoms with Crippen LogP contribution in [-0.4, -0.2) is 46.9 Å². The van der Waals surface area contributed by atoms with E-state index in [1.54, 1.807) is 19.1 Å². The summed E-state index contributed by atoms with van der Waals surface area (Å²) in [5.74, 6) is -1.41. The van der Waals surface area contributed by atoms with Crippen LogP contribution in [0.4, 0.5) is 10.5 Å². The summed E-state index contributed by atoms with van der Waals surface area (Å²) in [5, 5.41) is 5.30. The van der Waals surface area contributed by atoms with Gasteiger partial charge in [-0.05, 0) is 51.7 Å². The number of imide groups is 1. The lowest BCUT2D eigenvalue weighted by atomic mass is 9.92. The van der Waals surface area contributed by atoms with Gasteiger partial charge in [-0.15, -0.1) is 0 Å². The Hall–Kier alpha value is -2.90. The van der Waals surface area contributed by atoms with Crippen LogP contribution in [0.1, 0.15) is 46.1 Å². The summed E-state index contributed by atoms with van der Waals surface area (Å²) in [7, 11) is 0. The number of amides is 4. The second kappa shape index (κ2) is 9.07. The molecule has 0 spiro atoms. The number of aryl methyl sites for hydroxylation is 1. The highest BCUT2D eigenvalue weighted by atomic mass is 16.5. The number of rotatable bonds is 8. The van der Waals surface area contributed by atoms with Gasteiger partial charge >= 0.3 is 12.0 Å². The number of esters is 1. The molecule has 0 radical (unpaired) electrons. The fraction of sp³-hybridized carbons (Fsp3) is 0.524. The van der Waals surface area contributed by atoms with Gasteiger partial charge in [0.2, 0.25) is 0 Å². The molecule has 1 aliphatic rings. The first kappa shape index (κ1) is 22.4. The van der Waals surface area contributed by atoms with Crippen molar-refractivity contribution in [2.45, 2.75) is 59.1 Å². The van der Waals surface area contributed by atoms with E-state index < -0.39 is 42.0 Å². The molecule has 0 saturated carbocycles. The van der Waals surface area contributed by atoms with E-state index in [0.717, 1.165) is 16.9 Å². The van der Waals surface area contributed by atoms with Crippen molar-refractivity contribution >= 4 is 29.5 Å². The Balaban J connectivity index is 1.90. The predicted molar refractivity (Wildman–Crippen MR) is 108 cm³/mol. The van der Waals surface area contributed by atoms with Crippen molar-refractivity contribution in [1.82, 2.24) is 10.2 Å². The fourth-order valence-electron chi connectivity index (χ4n) is 2.94. The van der Waals surface area contributed by atoms with Crippen LogP contribution >= 0.6 is 0 Å². The van der Waals surface area contributed by atoms with Gasteiger partial charge in [-0.3, -0.25) is 19.3 Å². The number of nitrogens with one attached hydrogen (secondary N) is 2. The third-order valence-corrected chi connectivity index (χ3v) is 4.85. The summed E-state index contributed by atoms with van der Waals surface area (Å²) in [6, 6.07) is 6.55. The number of benzene rings is 1. The normalized spacial score (nSPS) is 19.9. The monoisotopic (exact) mass is 403 g/mol. The van der Waals surface area contributed by atoms with Crippen LogP contribution < -0.4 is 10.6 Å². The number of anilines is 1. The molecule has 0 unspecified atom stereocenters. The zero-order chi connectivity index (χ0) is 21.8. The molecular formula is C21H29N3O5. The van der Waals surface area contributed by atoms with E-state index in [-0.39, 0.29) is 0 Å². The second-order valence-electron chi connectivity index (χ2n) is 8.07. The molecule has 158 valence electrons. The van der Waals surface area contributed by atoms with Crippen molar-refractivity contribution in [2.24, 2.45) is 5.92 Å². The smallest absolute Gasteiger partial charge is 0.327 e. The molecule has 2 rings (SSSR count). The molecule has 2 N–H and O–H groups in total. The molecule has 2 atom stereocenters. The summed E-state index contributed by atoms with van der Waals surface area (Å²) in [4.78, 5) is 50.1. The van der Waals surface area contributed by atoms with Gasteiger partial charge in [-0.2, -0.15) is 0 Å². The van der Waals surface area contributed by atoms with Crippen molar-refractivity contribution in [3.63, 3.8) is 0 Å². The average molecular weight is 403 g/mol. The number of hydrogen-bond acceptors (Lipinski definition) is 5. The molecule has 1 aromatic rings. The Kier molecular flexibility index (Phi) is 7.00. The van der Waals surface area contributed by atoms with Gasteiger partial charge in [0.1, 0.15) is 12.1 Å². The van der Waals surface area contributed by atoms with Crippen LogP contribution in [0, 0.1) is 12.8 Å². The number of ether oxygens (including phenoxy) is 1. The van der Waals surface area contributed by atoms with E-state index in [0.29, 0.717) is 18.0 Å². The lowest BCUT2D eigenvalue weighted by Crippen LogP contribution is -2.44.